The Bertz CT molecular complexity index is 1430. The zero-order valence-electron chi connectivity index (χ0n) is 22.9. The van der Waals surface area contributed by atoms with Gasteiger partial charge in [0.25, 0.3) is 5.91 Å². The zero-order valence-corrected chi connectivity index (χ0v) is 22.9. The fourth-order valence-electron chi connectivity index (χ4n) is 5.48. The lowest BCUT2D eigenvalue weighted by Crippen LogP contribution is -2.28. The first-order chi connectivity index (χ1) is 19.1. The van der Waals surface area contributed by atoms with E-state index in [1.165, 1.54) is 37.9 Å². The van der Waals surface area contributed by atoms with Gasteiger partial charge in [0.1, 0.15) is 0 Å². The molecule has 0 spiro atoms. The fourth-order valence-corrected chi connectivity index (χ4v) is 5.48. The number of hydrogen-bond acceptors (Lipinski definition) is 4. The Hall–Kier alpha value is -3.90. The summed E-state index contributed by atoms with van der Waals surface area (Å²) >= 11 is 0. The number of benzene rings is 3. The molecule has 0 aliphatic carbocycles. The molecule has 4 aromatic rings. The summed E-state index contributed by atoms with van der Waals surface area (Å²) < 4.78 is 0. The Morgan fingerprint density at radius 1 is 1.00 bits per heavy atom. The molecule has 1 atom stereocenters. The summed E-state index contributed by atoms with van der Waals surface area (Å²) in [5, 5.41) is 14.8. The quantitative estimate of drug-likeness (QED) is 0.202. The van der Waals surface area contributed by atoms with Crippen LogP contribution in [-0.4, -0.2) is 39.7 Å². The van der Waals surface area contributed by atoms with Crippen molar-refractivity contribution in [1.82, 2.24) is 15.2 Å². The van der Waals surface area contributed by atoms with Gasteiger partial charge in [-0.2, -0.15) is 0 Å². The molecule has 39 heavy (non-hydrogen) atoms. The second kappa shape index (κ2) is 12.3. The van der Waals surface area contributed by atoms with Gasteiger partial charge in [0.15, 0.2) is 5.88 Å². The first kappa shape index (κ1) is 26.7. The molecule has 6 nitrogen and oxygen atoms in total. The Morgan fingerprint density at radius 3 is 2.44 bits per heavy atom. The molecule has 6 heteroatoms. The summed E-state index contributed by atoms with van der Waals surface area (Å²) in [5.74, 6) is -0.0703. The molecule has 0 bridgehead atoms. The number of H-pyrrole nitrogens is 1. The molecule has 1 aliphatic rings. The van der Waals surface area contributed by atoms with E-state index in [-0.39, 0.29) is 17.8 Å². The van der Waals surface area contributed by atoms with Gasteiger partial charge in [-0.15, -0.1) is 0 Å². The van der Waals surface area contributed by atoms with Crippen molar-refractivity contribution in [2.45, 2.75) is 58.5 Å². The maximum atomic E-state index is 13.2. The second-order valence-electron chi connectivity index (χ2n) is 10.4. The number of piperidine rings is 1. The van der Waals surface area contributed by atoms with E-state index in [1.807, 2.05) is 61.5 Å². The highest BCUT2D eigenvalue weighted by atomic mass is 16.3. The van der Waals surface area contributed by atoms with E-state index >= 15 is 0 Å². The van der Waals surface area contributed by atoms with E-state index in [2.05, 4.69) is 34.3 Å². The maximum absolute atomic E-state index is 13.2. The number of likely N-dealkylation sites (tertiary alicyclic amines) is 1. The molecule has 3 aromatic carbocycles. The minimum atomic E-state index is -0.140. The topological polar surface area (TPSA) is 80.7 Å². The number of nitrogens with zero attached hydrogens (tertiary/aromatic N) is 2. The number of hydrogen-bond donors (Lipinski definition) is 3. The van der Waals surface area contributed by atoms with Crippen LogP contribution in [-0.2, 0) is 6.54 Å². The lowest BCUT2D eigenvalue weighted by atomic mass is 10.0. The molecule has 1 aromatic heterocycles. The number of fused-ring (bicyclic) bond motifs is 1. The number of aliphatic imine (C=N–C) groups is 1. The largest absolute Gasteiger partial charge is 0.494 e. The van der Waals surface area contributed by atoms with Gasteiger partial charge in [-0.05, 0) is 80.2 Å². The number of aromatic nitrogens is 1. The van der Waals surface area contributed by atoms with Gasteiger partial charge in [0.2, 0.25) is 0 Å². The van der Waals surface area contributed by atoms with Gasteiger partial charge in [-0.1, -0.05) is 62.7 Å². The van der Waals surface area contributed by atoms with Crippen molar-refractivity contribution in [3.8, 4) is 5.88 Å². The molecule has 5 rings (SSSR count). The highest BCUT2D eigenvalue weighted by Gasteiger charge is 2.19. The summed E-state index contributed by atoms with van der Waals surface area (Å²) in [6.07, 6.45) is 5.33. The number of carbonyl (C=O) groups excluding carboxylic acids is 1. The first-order valence-corrected chi connectivity index (χ1v) is 14.2. The Morgan fingerprint density at radius 2 is 1.74 bits per heavy atom. The van der Waals surface area contributed by atoms with Crippen LogP contribution in [0.3, 0.4) is 0 Å². The van der Waals surface area contributed by atoms with E-state index in [4.69, 9.17) is 4.99 Å². The number of carbonyl (C=O) groups is 1. The molecule has 0 saturated carbocycles. The van der Waals surface area contributed by atoms with Crippen molar-refractivity contribution >= 4 is 28.2 Å². The van der Waals surface area contributed by atoms with Crippen molar-refractivity contribution in [2.75, 3.05) is 13.1 Å². The van der Waals surface area contributed by atoms with Crippen LogP contribution in [0.5, 0.6) is 5.88 Å². The first-order valence-electron chi connectivity index (χ1n) is 14.2. The van der Waals surface area contributed by atoms with Crippen LogP contribution in [0.25, 0.3) is 10.9 Å². The summed E-state index contributed by atoms with van der Waals surface area (Å²) in [6, 6.07) is 23.8. The summed E-state index contributed by atoms with van der Waals surface area (Å²) in [4.78, 5) is 23.7. The van der Waals surface area contributed by atoms with Crippen LogP contribution in [0, 0.1) is 0 Å². The lowest BCUT2D eigenvalue weighted by molar-refractivity contribution is 0.0935. The van der Waals surface area contributed by atoms with Crippen molar-refractivity contribution in [3.63, 3.8) is 0 Å². The van der Waals surface area contributed by atoms with Crippen molar-refractivity contribution < 1.29 is 9.90 Å². The predicted octanol–water partition coefficient (Wildman–Crippen LogP) is 7.27. The average molecular weight is 523 g/mol. The molecule has 0 unspecified atom stereocenters. The Balaban J connectivity index is 1.39. The SMILES string of the molecule is CCC(=Nc1ccc(CN2CCCCC2)cc1)c1c(O)[nH]c2ccc(C(=O)N[C@H](CC)c3ccccc3)cc12. The van der Waals surface area contributed by atoms with Gasteiger partial charge < -0.3 is 15.4 Å². The molecule has 3 N–H and O–H groups in total. The third kappa shape index (κ3) is 6.23. The lowest BCUT2D eigenvalue weighted by Gasteiger charge is -2.26. The second-order valence-corrected chi connectivity index (χ2v) is 10.4. The van der Waals surface area contributed by atoms with Crippen molar-refractivity contribution in [3.05, 3.63) is 95.1 Å². The van der Waals surface area contributed by atoms with Gasteiger partial charge in [0.05, 0.1) is 23.0 Å². The molecule has 1 aliphatic heterocycles. The molecule has 1 fully saturated rings. The van der Waals surface area contributed by atoms with Gasteiger partial charge in [-0.25, -0.2) is 0 Å². The van der Waals surface area contributed by atoms with Crippen molar-refractivity contribution in [1.29, 1.82) is 0 Å². The summed E-state index contributed by atoms with van der Waals surface area (Å²) in [5.41, 5.74) is 5.97. The number of aromatic hydroxyl groups is 1. The highest BCUT2D eigenvalue weighted by molar-refractivity contribution is 6.14. The standard InChI is InChI=1S/C33H38N4O2/c1-3-28(24-11-7-5-8-12-24)35-32(38)25-15-18-30-27(21-25)31(33(39)36-30)29(4-2)34-26-16-13-23(14-17-26)22-37-19-9-6-10-20-37/h5,7-8,11-18,21,28,36,39H,3-4,6,9-10,19-20,22H2,1-2H3,(H,35,38)/t28-/m1/s1. The van der Waals surface area contributed by atoms with Crippen LogP contribution >= 0.6 is 0 Å². The van der Waals surface area contributed by atoms with E-state index in [9.17, 15) is 9.90 Å². The van der Waals surface area contributed by atoms with Gasteiger partial charge in [0, 0.05) is 23.0 Å². The van der Waals surface area contributed by atoms with Crippen LogP contribution < -0.4 is 5.32 Å². The molecule has 1 saturated heterocycles. The monoisotopic (exact) mass is 522 g/mol. The predicted molar refractivity (Wildman–Crippen MR) is 159 cm³/mol. The molecular weight excluding hydrogens is 484 g/mol. The molecule has 0 radical (unpaired) electrons. The Labute approximate surface area is 230 Å². The minimum absolute atomic E-state index is 0.0700. The molecular formula is C33H38N4O2. The van der Waals surface area contributed by atoms with Crippen molar-refractivity contribution in [2.24, 2.45) is 4.99 Å². The molecule has 1 amide bonds. The number of aromatic amines is 1. The molecule has 202 valence electrons. The van der Waals surface area contributed by atoms with Crippen LogP contribution in [0.2, 0.25) is 0 Å². The third-order valence-electron chi connectivity index (χ3n) is 7.64. The summed E-state index contributed by atoms with van der Waals surface area (Å²) in [6.45, 7) is 7.41. The van der Waals surface area contributed by atoms with Crippen LogP contribution in [0.15, 0.2) is 77.8 Å². The number of amides is 1. The summed E-state index contributed by atoms with van der Waals surface area (Å²) in [7, 11) is 0. The van der Waals surface area contributed by atoms with E-state index in [0.29, 0.717) is 17.5 Å². The smallest absolute Gasteiger partial charge is 0.251 e. The van der Waals surface area contributed by atoms with Crippen LogP contribution in [0.1, 0.15) is 79.0 Å². The van der Waals surface area contributed by atoms with Gasteiger partial charge in [-0.3, -0.25) is 14.7 Å². The van der Waals surface area contributed by atoms with Crippen LogP contribution in [0.4, 0.5) is 5.69 Å². The number of nitrogens with one attached hydrogen (secondary N) is 2. The van der Waals surface area contributed by atoms with E-state index in [0.717, 1.165) is 40.8 Å². The van der Waals surface area contributed by atoms with E-state index in [1.54, 1.807) is 6.07 Å². The Kier molecular flexibility index (Phi) is 8.42. The average Bonchev–Trinajstić information content (AvgIpc) is 3.31. The zero-order chi connectivity index (χ0) is 27.2. The normalized spacial score (nSPS) is 15.4. The van der Waals surface area contributed by atoms with E-state index < -0.39 is 0 Å². The minimum Gasteiger partial charge on any atom is -0.494 e. The van der Waals surface area contributed by atoms with Gasteiger partial charge >= 0.3 is 0 Å². The highest BCUT2D eigenvalue weighted by Crippen LogP contribution is 2.31. The number of rotatable bonds is 9. The third-order valence-corrected chi connectivity index (χ3v) is 7.64. The molecule has 2 heterocycles. The maximum Gasteiger partial charge on any atom is 0.251 e. The fraction of sp³-hybridized carbons (Fsp3) is 0.333.